The van der Waals surface area contributed by atoms with Crippen molar-refractivity contribution in [3.8, 4) is 0 Å². The van der Waals surface area contributed by atoms with E-state index in [1.54, 1.807) is 0 Å². The fourth-order valence-corrected chi connectivity index (χ4v) is 2.46. The second kappa shape index (κ2) is 2.19. The lowest BCUT2D eigenvalue weighted by molar-refractivity contribution is -0.190. The van der Waals surface area contributed by atoms with Gasteiger partial charge in [-0.2, -0.15) is 0 Å². The van der Waals surface area contributed by atoms with E-state index >= 15 is 0 Å². The van der Waals surface area contributed by atoms with Gasteiger partial charge < -0.3 is 0 Å². The minimum Gasteiger partial charge on any atom is -0.145 e. The highest BCUT2D eigenvalue weighted by Crippen LogP contribution is 2.54. The molecule has 1 aliphatic heterocycles. The van der Waals surface area contributed by atoms with Crippen LogP contribution >= 0.6 is 0 Å². The van der Waals surface area contributed by atoms with Crippen LogP contribution in [0.4, 0.5) is 4.48 Å². The van der Waals surface area contributed by atoms with Gasteiger partial charge in [0.25, 0.3) is 0 Å². The van der Waals surface area contributed by atoms with Crippen LogP contribution in [0.2, 0.25) is 0 Å². The summed E-state index contributed by atoms with van der Waals surface area (Å²) in [5, 5.41) is 0.941. The van der Waals surface area contributed by atoms with Gasteiger partial charge >= 0.3 is 0 Å². The Bertz CT molecular complexity index is 153. The molecule has 0 N–H and O–H groups in total. The topological polar surface area (TPSA) is 3.24 Å². The molecule has 2 aliphatic rings. The first kappa shape index (κ1) is 7.53. The average Bonchev–Trinajstić information content (AvgIpc) is 1.73. The van der Waals surface area contributed by atoms with Crippen LogP contribution in [0.5, 0.6) is 0 Å². The molecule has 0 unspecified atom stereocenters. The van der Waals surface area contributed by atoms with Gasteiger partial charge in [0, 0.05) is 18.5 Å². The summed E-state index contributed by atoms with van der Waals surface area (Å²) in [4.78, 5) is 0. The maximum Gasteiger partial charge on any atom is 0.0360 e. The number of rotatable bonds is 1. The van der Waals surface area contributed by atoms with Crippen LogP contribution in [0.1, 0.15) is 26.7 Å². The molecule has 2 rings (SSSR count). The molecule has 1 saturated carbocycles. The lowest BCUT2D eigenvalue weighted by Gasteiger charge is -2.57. The Hall–Kier alpha value is -0.110. The van der Waals surface area contributed by atoms with Crippen molar-refractivity contribution in [3.63, 3.8) is 0 Å². The highest BCUT2D eigenvalue weighted by Gasteiger charge is 2.53. The van der Waals surface area contributed by atoms with Gasteiger partial charge in [-0.3, -0.25) is 0 Å². The molecule has 2 fully saturated rings. The average molecular weight is 157 g/mol. The fraction of sp³-hybridized carbons (Fsp3) is 1.00. The van der Waals surface area contributed by atoms with Gasteiger partial charge in [0.1, 0.15) is 0 Å². The highest BCUT2D eigenvalue weighted by atomic mass is 19.2. The third-order valence-corrected chi connectivity index (χ3v) is 3.35. The molecule has 0 bridgehead atoms. The Balaban J connectivity index is 1.80. The first-order valence-electron chi connectivity index (χ1n) is 4.52. The summed E-state index contributed by atoms with van der Waals surface area (Å²) >= 11 is 0. The maximum absolute atomic E-state index is 12.4. The molecular weight excluding hydrogens is 141 g/mol. The van der Waals surface area contributed by atoms with Crippen molar-refractivity contribution in [2.75, 3.05) is 13.1 Å². The lowest BCUT2D eigenvalue weighted by atomic mass is 9.56. The molecule has 0 atom stereocenters. The predicted molar refractivity (Wildman–Crippen MR) is 42.7 cm³/mol. The molecule has 0 radical (unpaired) electrons. The number of hydrogen-bond donors (Lipinski definition) is 0. The van der Waals surface area contributed by atoms with Crippen molar-refractivity contribution in [1.82, 2.24) is 5.12 Å². The van der Waals surface area contributed by atoms with Crippen LogP contribution in [-0.4, -0.2) is 18.2 Å². The molecule has 0 aromatic rings. The predicted octanol–water partition coefficient (Wildman–Crippen LogP) is 2.24. The van der Waals surface area contributed by atoms with Crippen LogP contribution in [0.3, 0.4) is 0 Å². The standard InChI is InChI=1S/C9H16FN/c1-7(2)8-3-9(4-8)5-11(10)6-9/h7-8H,3-6H2,1-2H3. The Labute approximate surface area is 67.5 Å². The van der Waals surface area contributed by atoms with Crippen LogP contribution in [-0.2, 0) is 0 Å². The molecule has 0 aromatic heterocycles. The SMILES string of the molecule is CC(C)C1CC2(C1)CN(F)C2. The first-order chi connectivity index (χ1) is 5.11. The number of halogens is 1. The first-order valence-corrected chi connectivity index (χ1v) is 4.52. The quantitative estimate of drug-likeness (QED) is 0.528. The molecule has 1 nitrogen and oxygen atoms in total. The van der Waals surface area contributed by atoms with Crippen LogP contribution in [0.25, 0.3) is 0 Å². The second-order valence-electron chi connectivity index (χ2n) is 4.69. The Morgan fingerprint density at radius 2 is 1.91 bits per heavy atom. The van der Waals surface area contributed by atoms with Gasteiger partial charge in [0.15, 0.2) is 0 Å². The van der Waals surface area contributed by atoms with Crippen LogP contribution in [0.15, 0.2) is 0 Å². The largest absolute Gasteiger partial charge is 0.145 e. The summed E-state index contributed by atoms with van der Waals surface area (Å²) in [6.45, 7) is 5.94. The Morgan fingerprint density at radius 1 is 1.36 bits per heavy atom. The molecule has 11 heavy (non-hydrogen) atoms. The Morgan fingerprint density at radius 3 is 2.27 bits per heavy atom. The van der Waals surface area contributed by atoms with Gasteiger partial charge in [0.2, 0.25) is 0 Å². The van der Waals surface area contributed by atoms with Crippen molar-refractivity contribution in [2.24, 2.45) is 17.3 Å². The molecule has 0 aromatic carbocycles. The number of hydrogen-bond acceptors (Lipinski definition) is 1. The van der Waals surface area contributed by atoms with Crippen molar-refractivity contribution < 1.29 is 4.48 Å². The zero-order chi connectivity index (χ0) is 8.06. The van der Waals surface area contributed by atoms with Gasteiger partial charge in [-0.05, 0) is 24.7 Å². The van der Waals surface area contributed by atoms with E-state index < -0.39 is 0 Å². The molecule has 1 aliphatic carbocycles. The van der Waals surface area contributed by atoms with E-state index in [1.807, 2.05) is 0 Å². The molecule has 2 heteroatoms. The van der Waals surface area contributed by atoms with E-state index in [-0.39, 0.29) is 0 Å². The second-order valence-corrected chi connectivity index (χ2v) is 4.69. The van der Waals surface area contributed by atoms with Gasteiger partial charge in [-0.25, -0.2) is 0 Å². The lowest BCUT2D eigenvalue weighted by Crippen LogP contribution is -2.59. The minimum absolute atomic E-state index is 0.420. The molecular formula is C9H16FN. The molecule has 64 valence electrons. The van der Waals surface area contributed by atoms with Crippen molar-refractivity contribution >= 4 is 0 Å². The van der Waals surface area contributed by atoms with Gasteiger partial charge in [-0.15, -0.1) is 9.60 Å². The fourth-order valence-electron chi connectivity index (χ4n) is 2.46. The smallest absolute Gasteiger partial charge is 0.0360 e. The summed E-state index contributed by atoms with van der Waals surface area (Å²) in [6.07, 6.45) is 2.54. The third-order valence-electron chi connectivity index (χ3n) is 3.35. The van der Waals surface area contributed by atoms with Gasteiger partial charge in [0.05, 0.1) is 0 Å². The van der Waals surface area contributed by atoms with Crippen LogP contribution < -0.4 is 0 Å². The van der Waals surface area contributed by atoms with Crippen molar-refractivity contribution in [3.05, 3.63) is 0 Å². The van der Waals surface area contributed by atoms with E-state index in [0.29, 0.717) is 18.5 Å². The third kappa shape index (κ3) is 1.08. The minimum atomic E-state index is 0.420. The van der Waals surface area contributed by atoms with E-state index in [9.17, 15) is 4.48 Å². The molecule has 1 saturated heterocycles. The van der Waals surface area contributed by atoms with E-state index in [1.165, 1.54) is 12.8 Å². The molecule has 0 amide bonds. The van der Waals surface area contributed by atoms with Crippen molar-refractivity contribution in [2.45, 2.75) is 26.7 Å². The van der Waals surface area contributed by atoms with Crippen LogP contribution in [0, 0.1) is 17.3 Å². The normalized spacial score (nSPS) is 30.5. The van der Waals surface area contributed by atoms with E-state index in [0.717, 1.165) is 17.0 Å². The summed E-state index contributed by atoms with van der Waals surface area (Å²) in [5.74, 6) is 1.68. The molecule has 1 spiro atoms. The zero-order valence-corrected chi connectivity index (χ0v) is 7.31. The Kier molecular flexibility index (Phi) is 1.50. The van der Waals surface area contributed by atoms with E-state index in [4.69, 9.17) is 0 Å². The summed E-state index contributed by atoms with van der Waals surface area (Å²) in [6, 6.07) is 0. The van der Waals surface area contributed by atoms with Crippen molar-refractivity contribution in [1.29, 1.82) is 0 Å². The number of nitrogens with zero attached hydrogens (tertiary/aromatic N) is 1. The monoisotopic (exact) mass is 157 g/mol. The highest BCUT2D eigenvalue weighted by molar-refractivity contribution is 5.02. The molecule has 1 heterocycles. The summed E-state index contributed by atoms with van der Waals surface area (Å²) in [5.41, 5.74) is 0.420. The summed E-state index contributed by atoms with van der Waals surface area (Å²) in [7, 11) is 0. The van der Waals surface area contributed by atoms with Gasteiger partial charge in [-0.1, -0.05) is 13.8 Å². The summed E-state index contributed by atoms with van der Waals surface area (Å²) < 4.78 is 12.4. The maximum atomic E-state index is 12.4. The zero-order valence-electron chi connectivity index (χ0n) is 7.31. The van der Waals surface area contributed by atoms with E-state index in [2.05, 4.69) is 13.8 Å².